The fraction of sp³-hybridized carbons (Fsp3) is 0.917. The molecule has 0 bridgehead atoms. The minimum atomic E-state index is -1.09. The summed E-state index contributed by atoms with van der Waals surface area (Å²) in [4.78, 5) is 24.1. The van der Waals surface area contributed by atoms with Crippen molar-refractivity contribution in [1.82, 2.24) is 5.32 Å². The van der Waals surface area contributed by atoms with E-state index in [4.69, 9.17) is 0 Å². The highest BCUT2D eigenvalue weighted by Gasteiger charge is 2.44. The number of hydrogen-bond donors (Lipinski definition) is 1. The van der Waals surface area contributed by atoms with Gasteiger partial charge in [-0.25, -0.2) is 0 Å². The van der Waals surface area contributed by atoms with E-state index in [9.17, 15) is 14.7 Å². The maximum atomic E-state index is 12.4. The number of nitrogens with zero attached hydrogens (tertiary/aromatic N) is 1. The number of quaternary nitrogens is 1. The summed E-state index contributed by atoms with van der Waals surface area (Å²) in [6, 6.07) is 0. The van der Waals surface area contributed by atoms with E-state index in [2.05, 4.69) is 19.2 Å². The van der Waals surface area contributed by atoms with Gasteiger partial charge in [-0.05, 0) is 26.7 Å². The van der Waals surface area contributed by atoms with Crippen LogP contribution in [0.4, 0.5) is 0 Å². The Kier molecular flexibility index (Phi) is 14.3. The van der Waals surface area contributed by atoms with E-state index in [1.807, 2.05) is 14.1 Å². The van der Waals surface area contributed by atoms with Crippen molar-refractivity contribution in [2.75, 3.05) is 14.1 Å². The average molecular weight is 413 g/mol. The number of carbonyl (C=O) groups is 2. The van der Waals surface area contributed by atoms with Gasteiger partial charge < -0.3 is 15.2 Å². The lowest BCUT2D eigenvalue weighted by atomic mass is 9.98. The van der Waals surface area contributed by atoms with Crippen LogP contribution in [0.15, 0.2) is 0 Å². The molecule has 172 valence electrons. The number of carboxylic acids is 1. The molecule has 0 radical (unpaired) electrons. The predicted molar refractivity (Wildman–Crippen MR) is 119 cm³/mol. The molecule has 5 heteroatoms. The van der Waals surface area contributed by atoms with Crippen LogP contribution in [0.1, 0.15) is 118 Å². The third kappa shape index (κ3) is 10.5. The molecule has 0 saturated carbocycles. The lowest BCUT2D eigenvalue weighted by Gasteiger charge is -2.49. The Morgan fingerprint density at radius 1 is 0.828 bits per heavy atom. The number of carboxylic acid groups (broad SMARTS) is 1. The SMILES string of the molecule is CCCCCCCCCCCCCC(=O)NC(CCC)[N+](C)(C)C(C)(C)C(=O)[O-]. The summed E-state index contributed by atoms with van der Waals surface area (Å²) < 4.78 is 0.174. The number of aliphatic carboxylic acids is 1. The van der Waals surface area contributed by atoms with E-state index in [0.717, 1.165) is 25.7 Å². The van der Waals surface area contributed by atoms with Gasteiger partial charge in [-0.2, -0.15) is 0 Å². The van der Waals surface area contributed by atoms with E-state index >= 15 is 0 Å². The molecule has 0 aliphatic rings. The molecule has 0 saturated heterocycles. The van der Waals surface area contributed by atoms with Crippen LogP contribution in [0, 0.1) is 0 Å². The molecule has 1 atom stereocenters. The smallest absolute Gasteiger partial charge is 0.224 e. The third-order valence-electron chi connectivity index (χ3n) is 6.62. The van der Waals surface area contributed by atoms with Crippen LogP contribution in [0.3, 0.4) is 0 Å². The monoisotopic (exact) mass is 412 g/mol. The topological polar surface area (TPSA) is 69.2 Å². The Labute approximate surface area is 180 Å². The van der Waals surface area contributed by atoms with Gasteiger partial charge in [0.15, 0.2) is 6.17 Å². The summed E-state index contributed by atoms with van der Waals surface area (Å²) in [6.45, 7) is 7.63. The molecule has 1 unspecified atom stereocenters. The molecule has 0 fully saturated rings. The van der Waals surface area contributed by atoms with Crippen LogP contribution in [-0.4, -0.2) is 42.2 Å². The van der Waals surface area contributed by atoms with Crippen LogP contribution in [0.25, 0.3) is 0 Å². The maximum absolute atomic E-state index is 12.4. The van der Waals surface area contributed by atoms with Crippen LogP contribution in [-0.2, 0) is 9.59 Å². The third-order valence-corrected chi connectivity index (χ3v) is 6.62. The fourth-order valence-corrected chi connectivity index (χ4v) is 3.66. The van der Waals surface area contributed by atoms with Gasteiger partial charge in [-0.1, -0.05) is 78.1 Å². The van der Waals surface area contributed by atoms with Crippen LogP contribution >= 0.6 is 0 Å². The molecule has 0 aromatic rings. The molecule has 0 rings (SSSR count). The zero-order valence-electron chi connectivity index (χ0n) is 20.1. The molecule has 1 amide bonds. The molecule has 0 aliphatic heterocycles. The Hall–Kier alpha value is -1.10. The quantitative estimate of drug-likeness (QED) is 0.204. The first-order valence-corrected chi connectivity index (χ1v) is 12.0. The van der Waals surface area contributed by atoms with Crippen molar-refractivity contribution in [3.63, 3.8) is 0 Å². The highest BCUT2D eigenvalue weighted by Crippen LogP contribution is 2.25. The molecule has 0 aromatic heterocycles. The largest absolute Gasteiger partial charge is 0.544 e. The van der Waals surface area contributed by atoms with Gasteiger partial charge in [-0.15, -0.1) is 0 Å². The van der Waals surface area contributed by atoms with Crippen molar-refractivity contribution in [2.45, 2.75) is 129 Å². The summed E-state index contributed by atoms with van der Waals surface area (Å²) in [5.41, 5.74) is -1.08. The van der Waals surface area contributed by atoms with Gasteiger partial charge in [0.05, 0.1) is 14.1 Å². The Bertz CT molecular complexity index is 461. The first kappa shape index (κ1) is 27.9. The zero-order chi connectivity index (χ0) is 22.3. The number of amides is 1. The van der Waals surface area contributed by atoms with Crippen molar-refractivity contribution in [3.05, 3.63) is 0 Å². The lowest BCUT2D eigenvalue weighted by molar-refractivity contribution is -0.955. The first-order valence-electron chi connectivity index (χ1n) is 12.0. The molecular formula is C24H48N2O3. The Balaban J connectivity index is 4.16. The highest BCUT2D eigenvalue weighted by molar-refractivity contribution is 5.76. The van der Waals surface area contributed by atoms with Crippen LogP contribution < -0.4 is 10.4 Å². The molecule has 0 aromatic carbocycles. The van der Waals surface area contributed by atoms with Gasteiger partial charge in [0, 0.05) is 12.8 Å². The fourth-order valence-electron chi connectivity index (χ4n) is 3.66. The molecule has 5 nitrogen and oxygen atoms in total. The Morgan fingerprint density at radius 3 is 1.69 bits per heavy atom. The number of hydrogen-bond acceptors (Lipinski definition) is 3. The summed E-state index contributed by atoms with van der Waals surface area (Å²) in [6.07, 6.45) is 15.8. The van der Waals surface area contributed by atoms with Gasteiger partial charge in [-0.3, -0.25) is 9.28 Å². The first-order chi connectivity index (χ1) is 13.6. The normalized spacial score (nSPS) is 13.3. The van der Waals surface area contributed by atoms with E-state index in [1.165, 1.54) is 57.8 Å². The van der Waals surface area contributed by atoms with Crippen LogP contribution in [0.5, 0.6) is 0 Å². The molecule has 29 heavy (non-hydrogen) atoms. The minimum Gasteiger partial charge on any atom is -0.544 e. The van der Waals surface area contributed by atoms with Crippen molar-refractivity contribution >= 4 is 11.9 Å². The van der Waals surface area contributed by atoms with Gasteiger partial charge >= 0.3 is 0 Å². The summed E-state index contributed by atoms with van der Waals surface area (Å²) >= 11 is 0. The summed E-state index contributed by atoms with van der Waals surface area (Å²) in [7, 11) is 3.72. The minimum absolute atomic E-state index is 0.0275. The van der Waals surface area contributed by atoms with Gasteiger partial charge in [0.25, 0.3) is 0 Å². The van der Waals surface area contributed by atoms with Crippen molar-refractivity contribution < 1.29 is 19.2 Å². The number of unbranched alkanes of at least 4 members (excludes halogenated alkanes) is 10. The van der Waals surface area contributed by atoms with Crippen molar-refractivity contribution in [2.24, 2.45) is 0 Å². The van der Waals surface area contributed by atoms with Crippen molar-refractivity contribution in [3.8, 4) is 0 Å². The molecule has 1 N–H and O–H groups in total. The second kappa shape index (κ2) is 14.8. The molecule has 0 aliphatic carbocycles. The van der Waals surface area contributed by atoms with E-state index < -0.39 is 11.5 Å². The highest BCUT2D eigenvalue weighted by atomic mass is 16.4. The van der Waals surface area contributed by atoms with E-state index in [1.54, 1.807) is 13.8 Å². The maximum Gasteiger partial charge on any atom is 0.224 e. The summed E-state index contributed by atoms with van der Waals surface area (Å²) in [5, 5.41) is 14.7. The number of likely N-dealkylation sites (N-methyl/N-ethyl adjacent to an activating group) is 1. The lowest BCUT2D eigenvalue weighted by Crippen LogP contribution is -2.71. The van der Waals surface area contributed by atoms with Crippen molar-refractivity contribution in [1.29, 1.82) is 0 Å². The van der Waals surface area contributed by atoms with E-state index in [0.29, 0.717) is 6.42 Å². The summed E-state index contributed by atoms with van der Waals surface area (Å²) in [5.74, 6) is -1.07. The van der Waals surface area contributed by atoms with Gasteiger partial charge in [0.2, 0.25) is 5.91 Å². The van der Waals surface area contributed by atoms with Crippen LogP contribution in [0.2, 0.25) is 0 Å². The average Bonchev–Trinajstić information content (AvgIpc) is 2.65. The molecular weight excluding hydrogens is 364 g/mol. The second-order valence-corrected chi connectivity index (χ2v) is 9.54. The molecule has 0 heterocycles. The number of carbonyl (C=O) groups excluding carboxylic acids is 2. The number of nitrogens with one attached hydrogen (secondary N) is 1. The van der Waals surface area contributed by atoms with Gasteiger partial charge in [0.1, 0.15) is 11.5 Å². The zero-order valence-corrected chi connectivity index (χ0v) is 20.1. The number of rotatable bonds is 18. The molecule has 0 spiro atoms. The second-order valence-electron chi connectivity index (χ2n) is 9.54. The predicted octanol–water partition coefficient (Wildman–Crippen LogP) is 4.53. The Morgan fingerprint density at radius 2 is 1.28 bits per heavy atom. The van der Waals surface area contributed by atoms with E-state index in [-0.39, 0.29) is 16.6 Å². The standard InChI is InChI=1S/C24H48N2O3/c1-7-9-10-11-12-13-14-15-16-17-18-20-22(27)25-21(19-8-2)26(5,6)24(3,4)23(28)29/h21H,7-20H2,1-6H3,(H-,25,27,28,29).